The van der Waals surface area contributed by atoms with Gasteiger partial charge < -0.3 is 21.5 Å². The van der Waals surface area contributed by atoms with Crippen molar-refractivity contribution in [2.75, 3.05) is 18.4 Å². The number of nitrogens with two attached hydrogens (primary N) is 1. The Bertz CT molecular complexity index is 581. The number of nitro benzene ring substituents is 1. The number of nitrogens with zero attached hydrogens (tertiary/aromatic N) is 1. The van der Waals surface area contributed by atoms with E-state index < -0.39 is 22.8 Å². The van der Waals surface area contributed by atoms with Gasteiger partial charge in [-0.05, 0) is 6.07 Å². The van der Waals surface area contributed by atoms with Crippen LogP contribution in [0.4, 0.5) is 11.4 Å². The molecule has 1 aromatic rings. The highest BCUT2D eigenvalue weighted by Gasteiger charge is 2.21. The van der Waals surface area contributed by atoms with Crippen molar-refractivity contribution < 1.29 is 19.6 Å². The van der Waals surface area contributed by atoms with Gasteiger partial charge in [0.25, 0.3) is 5.69 Å². The molecule has 120 valence electrons. The van der Waals surface area contributed by atoms with E-state index in [2.05, 4.69) is 10.6 Å². The standard InChI is InChI=1S/C12H15ClN4O5/c13-8-2-1-7(17(21)22)5-9(8)16-11(18)6-10(12(19)20)15-4-3-14/h1-2,5,10,15H,3-4,6,14H2,(H,16,18)(H,19,20)/t10-/m1/s1. The lowest BCUT2D eigenvalue weighted by molar-refractivity contribution is -0.384. The monoisotopic (exact) mass is 330 g/mol. The highest BCUT2D eigenvalue weighted by molar-refractivity contribution is 6.33. The molecule has 0 fully saturated rings. The van der Waals surface area contributed by atoms with Crippen molar-refractivity contribution in [1.29, 1.82) is 0 Å². The highest BCUT2D eigenvalue weighted by atomic mass is 35.5. The molecule has 0 radical (unpaired) electrons. The molecule has 1 atom stereocenters. The van der Waals surface area contributed by atoms with Crippen LogP contribution < -0.4 is 16.4 Å². The number of halogens is 1. The van der Waals surface area contributed by atoms with Crippen LogP contribution in [0.15, 0.2) is 18.2 Å². The minimum absolute atomic E-state index is 0.0452. The van der Waals surface area contributed by atoms with Crippen molar-refractivity contribution in [3.8, 4) is 0 Å². The molecule has 22 heavy (non-hydrogen) atoms. The van der Waals surface area contributed by atoms with Gasteiger partial charge in [-0.25, -0.2) is 0 Å². The Labute approximate surface area is 130 Å². The first-order chi connectivity index (χ1) is 10.3. The zero-order chi connectivity index (χ0) is 16.7. The summed E-state index contributed by atoms with van der Waals surface area (Å²) < 4.78 is 0. The van der Waals surface area contributed by atoms with Gasteiger partial charge in [0.05, 0.1) is 22.1 Å². The molecular weight excluding hydrogens is 316 g/mol. The summed E-state index contributed by atoms with van der Waals surface area (Å²) in [6.07, 6.45) is -0.367. The molecule has 0 unspecified atom stereocenters. The molecule has 0 bridgehead atoms. The first-order valence-electron chi connectivity index (χ1n) is 6.25. The van der Waals surface area contributed by atoms with Crippen LogP contribution in [0.5, 0.6) is 0 Å². The zero-order valence-corrected chi connectivity index (χ0v) is 12.2. The Morgan fingerprint density at radius 2 is 2.14 bits per heavy atom. The molecule has 0 saturated carbocycles. The molecular formula is C12H15ClN4O5. The van der Waals surface area contributed by atoms with Gasteiger partial charge in [0.15, 0.2) is 0 Å². The van der Waals surface area contributed by atoms with E-state index in [0.717, 1.165) is 6.07 Å². The molecule has 1 aromatic carbocycles. The first kappa shape index (κ1) is 17.8. The Morgan fingerprint density at radius 3 is 2.68 bits per heavy atom. The lowest BCUT2D eigenvalue weighted by Crippen LogP contribution is -2.41. The molecule has 0 aliphatic heterocycles. The summed E-state index contributed by atoms with van der Waals surface area (Å²) >= 11 is 5.84. The molecule has 0 heterocycles. The lowest BCUT2D eigenvalue weighted by atomic mass is 10.2. The van der Waals surface area contributed by atoms with Gasteiger partial charge in [-0.3, -0.25) is 19.7 Å². The highest BCUT2D eigenvalue weighted by Crippen LogP contribution is 2.26. The van der Waals surface area contributed by atoms with Gasteiger partial charge >= 0.3 is 5.97 Å². The number of non-ortho nitro benzene ring substituents is 1. The summed E-state index contributed by atoms with van der Waals surface area (Å²) in [4.78, 5) is 32.9. The van der Waals surface area contributed by atoms with E-state index in [1.165, 1.54) is 12.1 Å². The van der Waals surface area contributed by atoms with Crippen LogP contribution in [0.1, 0.15) is 6.42 Å². The smallest absolute Gasteiger partial charge is 0.321 e. The van der Waals surface area contributed by atoms with E-state index in [4.69, 9.17) is 22.4 Å². The van der Waals surface area contributed by atoms with E-state index in [-0.39, 0.29) is 35.9 Å². The normalized spacial score (nSPS) is 11.7. The fourth-order valence-corrected chi connectivity index (χ4v) is 1.78. The number of rotatable bonds is 8. The number of carboxylic acids is 1. The predicted molar refractivity (Wildman–Crippen MR) is 79.8 cm³/mol. The van der Waals surface area contributed by atoms with Crippen LogP contribution in [0, 0.1) is 10.1 Å². The van der Waals surface area contributed by atoms with Crippen molar-refractivity contribution in [2.24, 2.45) is 5.73 Å². The van der Waals surface area contributed by atoms with Crippen molar-refractivity contribution in [3.05, 3.63) is 33.3 Å². The van der Waals surface area contributed by atoms with E-state index in [0.29, 0.717) is 0 Å². The quantitative estimate of drug-likeness (QED) is 0.402. The summed E-state index contributed by atoms with van der Waals surface area (Å²) in [6.45, 7) is 0.462. The van der Waals surface area contributed by atoms with Crippen molar-refractivity contribution >= 4 is 34.9 Å². The Kier molecular flexibility index (Phi) is 6.70. The minimum atomic E-state index is -1.20. The Hall–Kier alpha value is -2.23. The van der Waals surface area contributed by atoms with Crippen LogP contribution in [0.2, 0.25) is 5.02 Å². The second-order valence-corrected chi connectivity index (χ2v) is 4.71. The molecule has 0 aliphatic rings. The molecule has 0 spiro atoms. The van der Waals surface area contributed by atoms with Gasteiger partial charge in [-0.1, -0.05) is 11.6 Å². The topological polar surface area (TPSA) is 148 Å². The summed E-state index contributed by atoms with van der Waals surface area (Å²) in [5.41, 5.74) is 5.06. The largest absolute Gasteiger partial charge is 0.480 e. The minimum Gasteiger partial charge on any atom is -0.480 e. The molecule has 0 aliphatic carbocycles. The molecule has 10 heteroatoms. The summed E-state index contributed by atoms with van der Waals surface area (Å²) in [7, 11) is 0. The maximum absolute atomic E-state index is 11.8. The first-order valence-corrected chi connectivity index (χ1v) is 6.63. The van der Waals surface area contributed by atoms with Crippen LogP contribution in [0.25, 0.3) is 0 Å². The number of benzene rings is 1. The number of amides is 1. The van der Waals surface area contributed by atoms with Crippen LogP contribution in [0.3, 0.4) is 0 Å². The van der Waals surface area contributed by atoms with Gasteiger partial charge in [0.2, 0.25) is 5.91 Å². The number of hydrogen-bond acceptors (Lipinski definition) is 6. The summed E-state index contributed by atoms with van der Waals surface area (Å²) in [5, 5.41) is 24.7. The number of carboxylic acid groups (broad SMARTS) is 1. The average molecular weight is 331 g/mol. The SMILES string of the molecule is NCCN[C@H](CC(=O)Nc1cc([N+](=O)[O-])ccc1Cl)C(=O)O. The van der Waals surface area contributed by atoms with Crippen molar-refractivity contribution in [1.82, 2.24) is 5.32 Å². The fourth-order valence-electron chi connectivity index (χ4n) is 1.61. The van der Waals surface area contributed by atoms with Crippen LogP contribution in [-0.2, 0) is 9.59 Å². The van der Waals surface area contributed by atoms with E-state index >= 15 is 0 Å². The number of aliphatic carboxylic acids is 1. The lowest BCUT2D eigenvalue weighted by Gasteiger charge is -2.14. The maximum atomic E-state index is 11.8. The molecule has 5 N–H and O–H groups in total. The number of carbonyl (C=O) groups is 2. The molecule has 1 rings (SSSR count). The summed E-state index contributed by atoms with van der Waals surface area (Å²) in [5.74, 6) is -1.84. The van der Waals surface area contributed by atoms with Crippen molar-refractivity contribution in [2.45, 2.75) is 12.5 Å². The second kappa shape index (κ2) is 8.27. The Morgan fingerprint density at radius 1 is 1.45 bits per heavy atom. The van der Waals surface area contributed by atoms with E-state index in [9.17, 15) is 19.7 Å². The third-order valence-electron chi connectivity index (χ3n) is 2.66. The Balaban J connectivity index is 2.77. The van der Waals surface area contributed by atoms with Gasteiger partial charge in [-0.15, -0.1) is 0 Å². The third kappa shape index (κ3) is 5.28. The van der Waals surface area contributed by atoms with Gasteiger partial charge in [0.1, 0.15) is 6.04 Å². The predicted octanol–water partition coefficient (Wildman–Crippen LogP) is 0.578. The summed E-state index contributed by atoms with van der Waals surface area (Å²) in [6, 6.07) is 2.46. The zero-order valence-electron chi connectivity index (χ0n) is 11.4. The van der Waals surface area contributed by atoms with E-state index in [1.54, 1.807) is 0 Å². The number of anilines is 1. The molecule has 0 saturated heterocycles. The van der Waals surface area contributed by atoms with Crippen LogP contribution in [-0.4, -0.2) is 41.0 Å². The number of nitrogens with one attached hydrogen (secondary N) is 2. The number of nitro groups is 1. The molecule has 1 amide bonds. The van der Waals surface area contributed by atoms with Crippen molar-refractivity contribution in [3.63, 3.8) is 0 Å². The molecule has 0 aromatic heterocycles. The average Bonchev–Trinajstić information content (AvgIpc) is 2.45. The van der Waals surface area contributed by atoms with Gasteiger partial charge in [0, 0.05) is 25.2 Å². The van der Waals surface area contributed by atoms with E-state index in [1.807, 2.05) is 0 Å². The second-order valence-electron chi connectivity index (χ2n) is 4.31. The molecule has 9 nitrogen and oxygen atoms in total. The fraction of sp³-hybridized carbons (Fsp3) is 0.333. The number of hydrogen-bond donors (Lipinski definition) is 4. The van der Waals surface area contributed by atoms with Gasteiger partial charge in [-0.2, -0.15) is 0 Å². The number of carbonyl (C=O) groups excluding carboxylic acids is 1. The third-order valence-corrected chi connectivity index (χ3v) is 2.99. The van der Waals surface area contributed by atoms with Crippen LogP contribution >= 0.6 is 11.6 Å². The maximum Gasteiger partial charge on any atom is 0.321 e.